The summed E-state index contributed by atoms with van der Waals surface area (Å²) >= 11 is 1.34. The molecule has 0 aliphatic rings. The smallest absolute Gasteiger partial charge is 0.262 e. The monoisotopic (exact) mass is 373 g/mol. The van der Waals surface area contributed by atoms with Gasteiger partial charge in [-0.3, -0.25) is 4.79 Å². The van der Waals surface area contributed by atoms with E-state index in [9.17, 15) is 9.18 Å². The fraction of sp³-hybridized carbons (Fsp3) is 0.316. The Hall–Kier alpha value is -2.54. The molecule has 0 saturated heterocycles. The number of amides is 1. The van der Waals surface area contributed by atoms with Crippen LogP contribution in [0.2, 0.25) is 0 Å². The number of nitrogens with zero attached hydrogens (tertiary/aromatic N) is 2. The molecule has 2 aromatic heterocycles. The number of carbonyl (C=O) groups excluding carboxylic acids is 1. The summed E-state index contributed by atoms with van der Waals surface area (Å²) in [7, 11) is 1.42. The number of halogens is 1. The molecule has 0 spiro atoms. The van der Waals surface area contributed by atoms with Gasteiger partial charge in [0.1, 0.15) is 4.83 Å². The summed E-state index contributed by atoms with van der Waals surface area (Å²) in [6.07, 6.45) is 0.728. The van der Waals surface area contributed by atoms with E-state index in [2.05, 4.69) is 15.5 Å². The minimum absolute atomic E-state index is 0.182. The van der Waals surface area contributed by atoms with Gasteiger partial charge in [0.05, 0.1) is 17.7 Å². The van der Waals surface area contributed by atoms with Crippen LogP contribution in [0.15, 0.2) is 18.2 Å². The lowest BCUT2D eigenvalue weighted by molar-refractivity contribution is 0.0954. The van der Waals surface area contributed by atoms with Gasteiger partial charge in [-0.15, -0.1) is 16.4 Å². The first-order chi connectivity index (χ1) is 12.5. The predicted octanol–water partition coefficient (Wildman–Crippen LogP) is 3.95. The molecule has 0 aliphatic carbocycles. The predicted molar refractivity (Wildman–Crippen MR) is 100 cm³/mol. The average Bonchev–Trinajstić information content (AvgIpc) is 3.02. The van der Waals surface area contributed by atoms with Crippen LogP contribution >= 0.6 is 11.3 Å². The highest BCUT2D eigenvalue weighted by Gasteiger charge is 2.20. The van der Waals surface area contributed by atoms with Crippen molar-refractivity contribution in [2.24, 2.45) is 0 Å². The second kappa shape index (κ2) is 7.37. The molecule has 0 bridgehead atoms. The molecule has 136 valence electrons. The number of carbonyl (C=O) groups is 1. The third-order valence-electron chi connectivity index (χ3n) is 4.43. The number of rotatable bonds is 5. The molecule has 1 N–H and O–H groups in total. The number of benzene rings is 1. The topological polar surface area (TPSA) is 64.1 Å². The summed E-state index contributed by atoms with van der Waals surface area (Å²) in [6, 6.07) is 4.64. The lowest BCUT2D eigenvalue weighted by atomic mass is 10.0. The van der Waals surface area contributed by atoms with Crippen molar-refractivity contribution in [1.82, 2.24) is 15.5 Å². The quantitative estimate of drug-likeness (QED) is 0.736. The van der Waals surface area contributed by atoms with Crippen LogP contribution in [-0.2, 0) is 13.0 Å². The summed E-state index contributed by atoms with van der Waals surface area (Å²) < 4.78 is 18.7. The number of hydrogen-bond donors (Lipinski definition) is 1. The van der Waals surface area contributed by atoms with Gasteiger partial charge < -0.3 is 10.1 Å². The third kappa shape index (κ3) is 3.26. The molecule has 1 amide bonds. The lowest BCUT2D eigenvalue weighted by Crippen LogP contribution is -2.22. The van der Waals surface area contributed by atoms with Crippen molar-refractivity contribution in [1.29, 1.82) is 0 Å². The number of thiophene rings is 1. The van der Waals surface area contributed by atoms with Gasteiger partial charge in [0.2, 0.25) is 0 Å². The van der Waals surface area contributed by atoms with Crippen molar-refractivity contribution in [3.63, 3.8) is 0 Å². The molecular formula is C19H20FN3O2S. The molecule has 0 unspecified atom stereocenters. The average molecular weight is 373 g/mol. The van der Waals surface area contributed by atoms with Crippen molar-refractivity contribution in [2.75, 3.05) is 7.11 Å². The van der Waals surface area contributed by atoms with Crippen LogP contribution in [0.25, 0.3) is 10.2 Å². The Labute approximate surface area is 155 Å². The van der Waals surface area contributed by atoms with E-state index in [-0.39, 0.29) is 18.2 Å². The largest absolute Gasteiger partial charge is 0.494 e. The number of fused-ring (bicyclic) bond motifs is 1. The molecule has 1 aromatic carbocycles. The Kier molecular flexibility index (Phi) is 5.18. The molecule has 0 saturated carbocycles. The number of nitrogens with one attached hydrogen (secondary N) is 1. The Morgan fingerprint density at radius 3 is 2.73 bits per heavy atom. The highest BCUT2D eigenvalue weighted by molar-refractivity contribution is 7.20. The molecule has 2 heterocycles. The van der Waals surface area contributed by atoms with Gasteiger partial charge in [-0.1, -0.05) is 13.0 Å². The number of methoxy groups -OCH3 is 1. The van der Waals surface area contributed by atoms with Crippen LogP contribution in [0, 0.1) is 19.7 Å². The minimum Gasteiger partial charge on any atom is -0.494 e. The van der Waals surface area contributed by atoms with E-state index in [4.69, 9.17) is 4.74 Å². The number of aryl methyl sites for hydroxylation is 3. The maximum absolute atomic E-state index is 13.8. The van der Waals surface area contributed by atoms with Gasteiger partial charge in [0.15, 0.2) is 11.6 Å². The molecule has 7 heteroatoms. The first-order valence-electron chi connectivity index (χ1n) is 8.32. The highest BCUT2D eigenvalue weighted by atomic mass is 32.1. The van der Waals surface area contributed by atoms with Gasteiger partial charge in [-0.05, 0) is 49.1 Å². The van der Waals surface area contributed by atoms with E-state index in [1.165, 1.54) is 24.5 Å². The molecule has 3 aromatic rings. The van der Waals surface area contributed by atoms with Gasteiger partial charge in [0.25, 0.3) is 5.91 Å². The fourth-order valence-corrected chi connectivity index (χ4v) is 4.08. The molecule has 0 atom stereocenters. The van der Waals surface area contributed by atoms with E-state index in [0.29, 0.717) is 10.4 Å². The Morgan fingerprint density at radius 1 is 1.31 bits per heavy atom. The van der Waals surface area contributed by atoms with Crippen LogP contribution in [-0.4, -0.2) is 23.2 Å². The van der Waals surface area contributed by atoms with Crippen molar-refractivity contribution < 1.29 is 13.9 Å². The zero-order valence-electron chi connectivity index (χ0n) is 15.1. The molecule has 26 heavy (non-hydrogen) atoms. The van der Waals surface area contributed by atoms with Gasteiger partial charge in [-0.25, -0.2) is 4.39 Å². The zero-order valence-corrected chi connectivity index (χ0v) is 16.0. The SMILES string of the molecule is CCc1c(C(=O)NCc2ccc(OC)c(F)c2)sc2nnc(C)c(C)c12. The first-order valence-corrected chi connectivity index (χ1v) is 9.13. The van der Waals surface area contributed by atoms with Crippen molar-refractivity contribution in [3.05, 3.63) is 51.3 Å². The third-order valence-corrected chi connectivity index (χ3v) is 5.54. The normalized spacial score (nSPS) is 11.0. The summed E-state index contributed by atoms with van der Waals surface area (Å²) in [5.41, 5.74) is 3.58. The summed E-state index contributed by atoms with van der Waals surface area (Å²) in [4.78, 5) is 14.1. The summed E-state index contributed by atoms with van der Waals surface area (Å²) in [6.45, 7) is 6.17. The van der Waals surface area contributed by atoms with Gasteiger partial charge >= 0.3 is 0 Å². The van der Waals surface area contributed by atoms with Crippen LogP contribution in [0.5, 0.6) is 5.75 Å². The van der Waals surface area contributed by atoms with Crippen molar-refractivity contribution in [2.45, 2.75) is 33.7 Å². The van der Waals surface area contributed by atoms with Crippen molar-refractivity contribution >= 4 is 27.5 Å². The maximum Gasteiger partial charge on any atom is 0.262 e. The first kappa shape index (κ1) is 18.3. The number of aromatic nitrogens is 2. The molecule has 5 nitrogen and oxygen atoms in total. The van der Waals surface area contributed by atoms with Crippen LogP contribution in [0.1, 0.15) is 39.0 Å². The van der Waals surface area contributed by atoms with Crippen LogP contribution in [0.4, 0.5) is 4.39 Å². The van der Waals surface area contributed by atoms with E-state index >= 15 is 0 Å². The second-order valence-electron chi connectivity index (χ2n) is 6.01. The summed E-state index contributed by atoms with van der Waals surface area (Å²) in [5, 5.41) is 12.3. The fourth-order valence-electron chi connectivity index (χ4n) is 2.89. The lowest BCUT2D eigenvalue weighted by Gasteiger charge is -2.08. The Bertz CT molecular complexity index is 985. The molecular weight excluding hydrogens is 353 g/mol. The number of ether oxygens (including phenoxy) is 1. The zero-order chi connectivity index (χ0) is 18.8. The van der Waals surface area contributed by atoms with Crippen LogP contribution < -0.4 is 10.1 Å². The molecule has 3 rings (SSSR count). The van der Waals surface area contributed by atoms with E-state index in [0.717, 1.165) is 33.5 Å². The molecule has 0 aliphatic heterocycles. The van der Waals surface area contributed by atoms with E-state index in [1.807, 2.05) is 20.8 Å². The maximum atomic E-state index is 13.8. The van der Waals surface area contributed by atoms with Crippen LogP contribution in [0.3, 0.4) is 0 Å². The Morgan fingerprint density at radius 2 is 2.08 bits per heavy atom. The minimum atomic E-state index is -0.447. The summed E-state index contributed by atoms with van der Waals surface area (Å²) in [5.74, 6) is -0.447. The second-order valence-corrected chi connectivity index (χ2v) is 7.00. The Balaban J connectivity index is 1.86. The molecule has 0 fully saturated rings. The number of hydrogen-bond acceptors (Lipinski definition) is 5. The van der Waals surface area contributed by atoms with E-state index < -0.39 is 5.82 Å². The standard InChI is InChI=1S/C19H20FN3O2S/c1-5-13-16-10(2)11(3)22-23-19(16)26-17(13)18(24)21-9-12-6-7-15(25-4)14(20)8-12/h6-8H,5,9H2,1-4H3,(H,21,24). The van der Waals surface area contributed by atoms with E-state index in [1.54, 1.807) is 12.1 Å². The molecule has 0 radical (unpaired) electrons. The highest BCUT2D eigenvalue weighted by Crippen LogP contribution is 2.33. The van der Waals surface area contributed by atoms with Gasteiger partial charge in [0, 0.05) is 11.9 Å². The van der Waals surface area contributed by atoms with Gasteiger partial charge in [-0.2, -0.15) is 5.10 Å². The van der Waals surface area contributed by atoms with Crippen molar-refractivity contribution in [3.8, 4) is 5.75 Å².